The van der Waals surface area contributed by atoms with Crippen LogP contribution in [0, 0.1) is 5.41 Å². The molecule has 94 valence electrons. The smallest absolute Gasteiger partial charge is 0.0735 e. The van der Waals surface area contributed by atoms with Crippen molar-refractivity contribution in [2.75, 3.05) is 0 Å². The van der Waals surface area contributed by atoms with Gasteiger partial charge in [-0.3, -0.25) is 0 Å². The Kier molecular flexibility index (Phi) is 4.02. The molecule has 1 saturated carbocycles. The van der Waals surface area contributed by atoms with E-state index < -0.39 is 0 Å². The van der Waals surface area contributed by atoms with Crippen molar-refractivity contribution >= 4 is 23.2 Å². The molecule has 0 aliphatic heterocycles. The van der Waals surface area contributed by atoms with Crippen LogP contribution in [0.1, 0.15) is 32.3 Å². The predicted octanol–water partition coefficient (Wildman–Crippen LogP) is 4.65. The molecule has 3 atom stereocenters. The van der Waals surface area contributed by atoms with E-state index in [-0.39, 0.29) is 16.9 Å². The first-order chi connectivity index (χ1) is 8.08. The Balaban J connectivity index is 1.94. The Bertz CT molecular complexity index is 394. The molecule has 0 bridgehead atoms. The average Bonchev–Trinajstić information content (AvgIpc) is 2.35. The summed E-state index contributed by atoms with van der Waals surface area (Å²) in [5.41, 5.74) is 1.16. The lowest BCUT2D eigenvalue weighted by atomic mass is 9.65. The fourth-order valence-corrected chi connectivity index (χ4v) is 2.93. The zero-order chi connectivity index (χ0) is 12.5. The van der Waals surface area contributed by atoms with Crippen LogP contribution >= 0.6 is 23.2 Å². The molecule has 1 aromatic carbocycles. The highest BCUT2D eigenvalue weighted by atomic mass is 35.5. The van der Waals surface area contributed by atoms with Gasteiger partial charge in [-0.15, -0.1) is 11.6 Å². The summed E-state index contributed by atoms with van der Waals surface area (Å²) in [5.74, 6) is 0. The SMILES string of the molecule is CCC1(C)C(Cl)CC1OCc1ccccc1Cl. The van der Waals surface area contributed by atoms with Crippen LogP contribution < -0.4 is 0 Å². The Morgan fingerprint density at radius 1 is 1.41 bits per heavy atom. The lowest BCUT2D eigenvalue weighted by molar-refractivity contribution is -0.107. The summed E-state index contributed by atoms with van der Waals surface area (Å²) in [5, 5.41) is 1.01. The number of ether oxygens (including phenoxy) is 1. The molecule has 1 aliphatic rings. The first kappa shape index (κ1) is 13.2. The van der Waals surface area contributed by atoms with Crippen LogP contribution in [0.25, 0.3) is 0 Å². The van der Waals surface area contributed by atoms with Crippen LogP contribution in [-0.4, -0.2) is 11.5 Å². The lowest BCUT2D eigenvalue weighted by Gasteiger charge is -2.50. The quantitative estimate of drug-likeness (QED) is 0.725. The largest absolute Gasteiger partial charge is 0.373 e. The summed E-state index contributed by atoms with van der Waals surface area (Å²) < 4.78 is 5.95. The van der Waals surface area contributed by atoms with Crippen LogP contribution in [0.5, 0.6) is 0 Å². The van der Waals surface area contributed by atoms with Gasteiger partial charge in [-0.05, 0) is 24.5 Å². The maximum absolute atomic E-state index is 6.26. The second-order valence-electron chi connectivity index (χ2n) is 4.95. The standard InChI is InChI=1S/C14H18Cl2O/c1-3-14(2)12(16)8-13(14)17-9-10-6-4-5-7-11(10)15/h4-7,12-13H,3,8-9H2,1-2H3. The van der Waals surface area contributed by atoms with Gasteiger partial charge in [0.1, 0.15) is 0 Å². The van der Waals surface area contributed by atoms with E-state index in [1.54, 1.807) is 0 Å². The van der Waals surface area contributed by atoms with Gasteiger partial charge in [0, 0.05) is 15.8 Å². The van der Waals surface area contributed by atoms with Crippen LogP contribution in [0.15, 0.2) is 24.3 Å². The molecule has 1 aromatic rings. The molecule has 0 saturated heterocycles. The number of hydrogen-bond donors (Lipinski definition) is 0. The molecule has 1 fully saturated rings. The zero-order valence-corrected chi connectivity index (χ0v) is 11.8. The molecular formula is C14H18Cl2O. The molecule has 0 aromatic heterocycles. The average molecular weight is 273 g/mol. The third kappa shape index (κ3) is 2.47. The summed E-state index contributed by atoms with van der Waals surface area (Å²) in [6.07, 6.45) is 2.25. The summed E-state index contributed by atoms with van der Waals surface area (Å²) in [4.78, 5) is 0. The van der Waals surface area contributed by atoms with E-state index in [9.17, 15) is 0 Å². The van der Waals surface area contributed by atoms with Gasteiger partial charge in [-0.25, -0.2) is 0 Å². The van der Waals surface area contributed by atoms with Gasteiger partial charge in [0.25, 0.3) is 0 Å². The number of alkyl halides is 1. The summed E-state index contributed by atoms with van der Waals surface area (Å²) in [7, 11) is 0. The third-order valence-electron chi connectivity index (χ3n) is 4.03. The van der Waals surface area contributed by atoms with E-state index in [1.165, 1.54) is 0 Å². The van der Waals surface area contributed by atoms with Crippen LogP contribution in [0.2, 0.25) is 5.02 Å². The molecular weight excluding hydrogens is 255 g/mol. The van der Waals surface area contributed by atoms with Gasteiger partial charge < -0.3 is 4.74 Å². The molecule has 2 rings (SSSR count). The molecule has 1 nitrogen and oxygen atoms in total. The zero-order valence-electron chi connectivity index (χ0n) is 10.2. The van der Waals surface area contributed by atoms with Gasteiger partial charge in [0.15, 0.2) is 0 Å². The Labute approximate surface area is 113 Å². The fourth-order valence-electron chi connectivity index (χ4n) is 2.28. The van der Waals surface area contributed by atoms with E-state index in [0.717, 1.165) is 23.4 Å². The van der Waals surface area contributed by atoms with Crippen LogP contribution in [0.4, 0.5) is 0 Å². The molecule has 0 amide bonds. The minimum atomic E-state index is 0.114. The molecule has 17 heavy (non-hydrogen) atoms. The number of rotatable bonds is 4. The molecule has 0 heterocycles. The third-order valence-corrected chi connectivity index (χ3v) is 5.08. The number of halogens is 2. The Morgan fingerprint density at radius 3 is 2.71 bits per heavy atom. The number of benzene rings is 1. The first-order valence-electron chi connectivity index (χ1n) is 6.07. The maximum atomic E-state index is 6.26. The van der Waals surface area contributed by atoms with Gasteiger partial charge in [0.05, 0.1) is 12.7 Å². The highest BCUT2D eigenvalue weighted by Gasteiger charge is 2.50. The minimum Gasteiger partial charge on any atom is -0.373 e. The van der Waals surface area contributed by atoms with Crippen molar-refractivity contribution in [2.24, 2.45) is 5.41 Å². The molecule has 0 radical (unpaired) electrons. The van der Waals surface area contributed by atoms with E-state index in [1.807, 2.05) is 24.3 Å². The first-order valence-corrected chi connectivity index (χ1v) is 6.88. The molecule has 0 N–H and O–H groups in total. The van der Waals surface area contributed by atoms with Gasteiger partial charge >= 0.3 is 0 Å². The Hall–Kier alpha value is -0.240. The second kappa shape index (κ2) is 5.17. The van der Waals surface area contributed by atoms with Gasteiger partial charge in [0.2, 0.25) is 0 Å². The van der Waals surface area contributed by atoms with Crippen molar-refractivity contribution in [3.05, 3.63) is 34.9 Å². The van der Waals surface area contributed by atoms with Gasteiger partial charge in [-0.2, -0.15) is 0 Å². The van der Waals surface area contributed by atoms with Crippen molar-refractivity contribution < 1.29 is 4.74 Å². The van der Waals surface area contributed by atoms with Crippen molar-refractivity contribution in [1.29, 1.82) is 0 Å². The second-order valence-corrected chi connectivity index (χ2v) is 5.89. The highest BCUT2D eigenvalue weighted by Crippen LogP contribution is 2.49. The van der Waals surface area contributed by atoms with Crippen molar-refractivity contribution in [1.82, 2.24) is 0 Å². The fraction of sp³-hybridized carbons (Fsp3) is 0.571. The summed E-state index contributed by atoms with van der Waals surface area (Å²) in [6, 6.07) is 7.81. The molecule has 0 spiro atoms. The Morgan fingerprint density at radius 2 is 2.12 bits per heavy atom. The van der Waals surface area contributed by atoms with Crippen LogP contribution in [0.3, 0.4) is 0 Å². The lowest BCUT2D eigenvalue weighted by Crippen LogP contribution is -2.53. The van der Waals surface area contributed by atoms with E-state index in [0.29, 0.717) is 6.61 Å². The molecule has 3 heteroatoms. The summed E-state index contributed by atoms with van der Waals surface area (Å²) >= 11 is 12.4. The molecule has 3 unspecified atom stereocenters. The number of hydrogen-bond acceptors (Lipinski definition) is 1. The van der Waals surface area contributed by atoms with Crippen molar-refractivity contribution in [3.8, 4) is 0 Å². The monoisotopic (exact) mass is 272 g/mol. The molecule has 1 aliphatic carbocycles. The van der Waals surface area contributed by atoms with E-state index >= 15 is 0 Å². The van der Waals surface area contributed by atoms with E-state index in [2.05, 4.69) is 13.8 Å². The van der Waals surface area contributed by atoms with Crippen molar-refractivity contribution in [2.45, 2.75) is 44.8 Å². The van der Waals surface area contributed by atoms with Crippen LogP contribution in [-0.2, 0) is 11.3 Å². The van der Waals surface area contributed by atoms with Crippen molar-refractivity contribution in [3.63, 3.8) is 0 Å². The van der Waals surface area contributed by atoms with Gasteiger partial charge in [-0.1, -0.05) is 43.6 Å². The minimum absolute atomic E-state index is 0.114. The van der Waals surface area contributed by atoms with E-state index in [4.69, 9.17) is 27.9 Å². The highest BCUT2D eigenvalue weighted by molar-refractivity contribution is 6.31. The predicted molar refractivity (Wildman–Crippen MR) is 72.7 cm³/mol. The topological polar surface area (TPSA) is 9.23 Å². The normalized spacial score (nSPS) is 32.2. The maximum Gasteiger partial charge on any atom is 0.0735 e. The summed E-state index contributed by atoms with van der Waals surface area (Å²) in [6.45, 7) is 4.94.